The Morgan fingerprint density at radius 3 is 2.41 bits per heavy atom. The number of hydrogen-bond acceptors (Lipinski definition) is 2. The number of carbonyl (C=O) groups excluding carboxylic acids is 1. The summed E-state index contributed by atoms with van der Waals surface area (Å²) in [5.41, 5.74) is 2.28. The van der Waals surface area contributed by atoms with Gasteiger partial charge in [0.1, 0.15) is 10.1 Å². The van der Waals surface area contributed by atoms with Gasteiger partial charge in [-0.15, -0.1) is 23.2 Å². The minimum atomic E-state index is -0.721. The highest BCUT2D eigenvalue weighted by Gasteiger charge is 2.53. The van der Waals surface area contributed by atoms with E-state index in [1.165, 1.54) is 0 Å². The van der Waals surface area contributed by atoms with Crippen LogP contribution in [0.5, 0.6) is 5.75 Å². The lowest BCUT2D eigenvalue weighted by Gasteiger charge is -2.11. The first-order valence-electron chi connectivity index (χ1n) is 6.93. The maximum atomic E-state index is 12.4. The second-order valence-corrected chi connectivity index (χ2v) is 6.83. The lowest BCUT2D eigenvalue weighted by molar-refractivity contribution is 0.102. The Hall–Kier alpha value is -1.71. The van der Waals surface area contributed by atoms with Gasteiger partial charge in [0.15, 0.2) is 0 Å². The predicted octanol–water partition coefficient (Wildman–Crippen LogP) is 4.61. The zero-order chi connectivity index (χ0) is 15.7. The molecule has 114 valence electrons. The van der Waals surface area contributed by atoms with Crippen LogP contribution in [0, 0.1) is 0 Å². The molecule has 0 radical (unpaired) electrons. The first-order chi connectivity index (χ1) is 10.5. The molecule has 2 aromatic rings. The summed E-state index contributed by atoms with van der Waals surface area (Å²) in [5, 5.41) is 2.93. The molecule has 1 atom stereocenters. The van der Waals surface area contributed by atoms with Crippen LogP contribution in [-0.2, 0) is 0 Å². The summed E-state index contributed by atoms with van der Waals surface area (Å²) in [6, 6.07) is 14.6. The van der Waals surface area contributed by atoms with Crippen LogP contribution in [0.3, 0.4) is 0 Å². The zero-order valence-electron chi connectivity index (χ0n) is 12.0. The minimum absolute atomic E-state index is 0.0585. The molecular weight excluding hydrogens is 321 g/mol. The molecule has 0 aliphatic heterocycles. The molecule has 1 aliphatic carbocycles. The predicted molar refractivity (Wildman–Crippen MR) is 89.2 cm³/mol. The number of benzene rings is 2. The van der Waals surface area contributed by atoms with Gasteiger partial charge in [0.05, 0.1) is 7.11 Å². The third kappa shape index (κ3) is 3.06. The molecule has 0 spiro atoms. The molecule has 1 amide bonds. The quantitative estimate of drug-likeness (QED) is 0.828. The third-order valence-electron chi connectivity index (χ3n) is 3.76. The Labute approximate surface area is 139 Å². The molecule has 22 heavy (non-hydrogen) atoms. The van der Waals surface area contributed by atoms with Gasteiger partial charge in [0.2, 0.25) is 0 Å². The molecule has 0 aromatic heterocycles. The average molecular weight is 336 g/mol. The van der Waals surface area contributed by atoms with Crippen LogP contribution in [0.1, 0.15) is 28.3 Å². The zero-order valence-corrected chi connectivity index (χ0v) is 13.5. The number of para-hydroxylation sites is 1. The summed E-state index contributed by atoms with van der Waals surface area (Å²) in [6.45, 7) is 0. The van der Waals surface area contributed by atoms with Gasteiger partial charge in [0, 0.05) is 17.2 Å². The molecule has 5 heteroatoms. The highest BCUT2D eigenvalue weighted by Crippen LogP contribution is 2.60. The van der Waals surface area contributed by atoms with E-state index in [4.69, 9.17) is 27.9 Å². The van der Waals surface area contributed by atoms with Gasteiger partial charge >= 0.3 is 0 Å². The lowest BCUT2D eigenvalue weighted by Crippen LogP contribution is -2.13. The van der Waals surface area contributed by atoms with E-state index < -0.39 is 4.33 Å². The molecule has 1 N–H and O–H groups in total. The van der Waals surface area contributed by atoms with Crippen molar-refractivity contribution in [2.24, 2.45) is 0 Å². The molecule has 1 saturated carbocycles. The van der Waals surface area contributed by atoms with E-state index in [2.05, 4.69) is 5.32 Å². The third-order valence-corrected chi connectivity index (χ3v) is 4.60. The van der Waals surface area contributed by atoms with E-state index in [0.717, 1.165) is 11.3 Å². The van der Waals surface area contributed by atoms with Gasteiger partial charge in [-0.2, -0.15) is 0 Å². The number of nitrogens with one attached hydrogen (secondary N) is 1. The fourth-order valence-corrected chi connectivity index (χ4v) is 2.95. The van der Waals surface area contributed by atoms with Crippen LogP contribution in [0.15, 0.2) is 48.5 Å². The Balaban J connectivity index is 1.79. The van der Waals surface area contributed by atoms with Crippen molar-refractivity contribution >= 4 is 34.8 Å². The van der Waals surface area contributed by atoms with Gasteiger partial charge in [-0.25, -0.2) is 0 Å². The standard InChI is InChI=1S/C17H15Cl2NO2/c1-22-12-8-6-11(7-9-12)16(21)20-15-5-3-2-4-13(15)14-10-17(14,18)19/h2-9,14H,10H2,1H3,(H,20,21). The van der Waals surface area contributed by atoms with Crippen molar-refractivity contribution in [3.63, 3.8) is 0 Å². The van der Waals surface area contributed by atoms with E-state index in [1.807, 2.05) is 24.3 Å². The Morgan fingerprint density at radius 1 is 1.18 bits per heavy atom. The molecule has 3 rings (SSSR count). The van der Waals surface area contributed by atoms with Crippen molar-refractivity contribution in [2.45, 2.75) is 16.7 Å². The Bertz CT molecular complexity index is 698. The summed E-state index contributed by atoms with van der Waals surface area (Å²) in [4.78, 5) is 12.4. The van der Waals surface area contributed by atoms with Crippen LogP contribution < -0.4 is 10.1 Å². The largest absolute Gasteiger partial charge is 0.497 e. The maximum Gasteiger partial charge on any atom is 0.255 e. The Morgan fingerprint density at radius 2 is 1.82 bits per heavy atom. The molecule has 1 aliphatic rings. The molecule has 1 fully saturated rings. The van der Waals surface area contributed by atoms with Crippen molar-refractivity contribution in [1.29, 1.82) is 0 Å². The number of carbonyl (C=O) groups is 1. The molecular formula is C17H15Cl2NO2. The number of hydrogen-bond donors (Lipinski definition) is 1. The maximum absolute atomic E-state index is 12.4. The van der Waals surface area contributed by atoms with Crippen molar-refractivity contribution in [2.75, 3.05) is 12.4 Å². The van der Waals surface area contributed by atoms with Gasteiger partial charge in [-0.05, 0) is 42.3 Å². The van der Waals surface area contributed by atoms with Crippen LogP contribution in [0.2, 0.25) is 0 Å². The molecule has 2 aromatic carbocycles. The van der Waals surface area contributed by atoms with Crippen LogP contribution >= 0.6 is 23.2 Å². The smallest absolute Gasteiger partial charge is 0.255 e. The fraction of sp³-hybridized carbons (Fsp3) is 0.235. The van der Waals surface area contributed by atoms with Crippen molar-refractivity contribution in [3.05, 3.63) is 59.7 Å². The number of anilines is 1. The second-order valence-electron chi connectivity index (χ2n) is 5.29. The van der Waals surface area contributed by atoms with Crippen LogP contribution in [-0.4, -0.2) is 17.4 Å². The van der Waals surface area contributed by atoms with Gasteiger partial charge in [-0.3, -0.25) is 4.79 Å². The number of amides is 1. The lowest BCUT2D eigenvalue weighted by atomic mass is 10.1. The van der Waals surface area contributed by atoms with E-state index >= 15 is 0 Å². The number of halogens is 2. The van der Waals surface area contributed by atoms with Gasteiger partial charge < -0.3 is 10.1 Å². The van der Waals surface area contributed by atoms with E-state index in [0.29, 0.717) is 17.7 Å². The molecule has 0 heterocycles. The van der Waals surface area contributed by atoms with Crippen LogP contribution in [0.4, 0.5) is 5.69 Å². The topological polar surface area (TPSA) is 38.3 Å². The molecule has 0 bridgehead atoms. The average Bonchev–Trinajstić information content (AvgIpc) is 3.16. The van der Waals surface area contributed by atoms with Gasteiger partial charge in [0.25, 0.3) is 5.91 Å². The molecule has 1 unspecified atom stereocenters. The summed E-state index contributed by atoms with van der Waals surface area (Å²) >= 11 is 12.3. The summed E-state index contributed by atoms with van der Waals surface area (Å²) in [7, 11) is 1.59. The van der Waals surface area contributed by atoms with E-state index in [9.17, 15) is 4.79 Å². The first kappa shape index (κ1) is 15.2. The highest BCUT2D eigenvalue weighted by atomic mass is 35.5. The number of rotatable bonds is 4. The van der Waals surface area contributed by atoms with Crippen molar-refractivity contribution < 1.29 is 9.53 Å². The normalized spacial score (nSPS) is 18.6. The second kappa shape index (κ2) is 5.82. The monoisotopic (exact) mass is 335 g/mol. The number of ether oxygens (including phenoxy) is 1. The molecule has 3 nitrogen and oxygen atoms in total. The summed E-state index contributed by atoms with van der Waals surface area (Å²) in [6.07, 6.45) is 0.700. The number of methoxy groups -OCH3 is 1. The van der Waals surface area contributed by atoms with Crippen molar-refractivity contribution in [1.82, 2.24) is 0 Å². The summed E-state index contributed by atoms with van der Waals surface area (Å²) < 4.78 is 4.37. The van der Waals surface area contributed by atoms with Gasteiger partial charge in [-0.1, -0.05) is 18.2 Å². The van der Waals surface area contributed by atoms with Crippen LogP contribution in [0.25, 0.3) is 0 Å². The minimum Gasteiger partial charge on any atom is -0.497 e. The first-order valence-corrected chi connectivity index (χ1v) is 7.69. The van der Waals surface area contributed by atoms with E-state index in [1.54, 1.807) is 31.4 Å². The highest BCUT2D eigenvalue weighted by molar-refractivity contribution is 6.51. The SMILES string of the molecule is COc1ccc(C(=O)Nc2ccccc2C2CC2(Cl)Cl)cc1. The summed E-state index contributed by atoms with van der Waals surface area (Å²) in [5.74, 6) is 0.595. The Kier molecular flexibility index (Phi) is 4.02. The molecule has 0 saturated heterocycles. The number of alkyl halides is 2. The van der Waals surface area contributed by atoms with Crippen molar-refractivity contribution in [3.8, 4) is 5.75 Å². The van der Waals surface area contributed by atoms with E-state index in [-0.39, 0.29) is 11.8 Å². The fourth-order valence-electron chi connectivity index (χ4n) is 2.40.